The fraction of sp³-hybridized carbons (Fsp3) is 0.524. The summed E-state index contributed by atoms with van der Waals surface area (Å²) in [5.74, 6) is 1.00. The standard InChI is InChI=1S/C21H28FN5O2/c1-4-17-23-19(26-25-17)14-9-11-27(12-10-14)21(29)18(13(2)3)24-20(28)15-5-7-16(22)8-6-15/h5-8,13-14,18H,4,9-12H2,1-3H3,(H,24,28)(H,23,25,26)/t18-/m1/s1. The van der Waals surface area contributed by atoms with Crippen molar-refractivity contribution in [2.45, 2.75) is 52.0 Å². The van der Waals surface area contributed by atoms with Crippen LogP contribution in [0.4, 0.5) is 4.39 Å². The zero-order valence-corrected chi connectivity index (χ0v) is 17.1. The van der Waals surface area contributed by atoms with Crippen LogP contribution in [0.15, 0.2) is 24.3 Å². The molecule has 0 radical (unpaired) electrons. The average molecular weight is 401 g/mol. The number of aromatic nitrogens is 3. The maximum Gasteiger partial charge on any atom is 0.251 e. The molecule has 1 aromatic carbocycles. The Morgan fingerprint density at radius 1 is 1.24 bits per heavy atom. The van der Waals surface area contributed by atoms with Crippen LogP contribution in [0.1, 0.15) is 61.5 Å². The number of benzene rings is 1. The Morgan fingerprint density at radius 3 is 2.45 bits per heavy atom. The molecule has 1 fully saturated rings. The zero-order chi connectivity index (χ0) is 21.0. The number of aromatic amines is 1. The summed E-state index contributed by atoms with van der Waals surface area (Å²) in [6.45, 7) is 7.04. The van der Waals surface area contributed by atoms with Crippen LogP contribution in [0.2, 0.25) is 0 Å². The van der Waals surface area contributed by atoms with E-state index in [9.17, 15) is 14.0 Å². The Kier molecular flexibility index (Phi) is 6.61. The number of nitrogens with one attached hydrogen (secondary N) is 2. The normalized spacial score (nSPS) is 16.1. The smallest absolute Gasteiger partial charge is 0.251 e. The molecule has 1 atom stereocenters. The van der Waals surface area contributed by atoms with E-state index in [4.69, 9.17) is 0 Å². The number of aryl methyl sites for hydroxylation is 1. The second-order valence-electron chi connectivity index (χ2n) is 7.80. The van der Waals surface area contributed by atoms with Gasteiger partial charge in [0.25, 0.3) is 5.91 Å². The molecule has 0 saturated carbocycles. The second-order valence-corrected chi connectivity index (χ2v) is 7.80. The summed E-state index contributed by atoms with van der Waals surface area (Å²) in [6, 6.07) is 4.68. The number of likely N-dealkylation sites (tertiary alicyclic amines) is 1. The average Bonchev–Trinajstić information content (AvgIpc) is 3.21. The van der Waals surface area contributed by atoms with E-state index >= 15 is 0 Å². The first-order valence-electron chi connectivity index (χ1n) is 10.2. The van der Waals surface area contributed by atoms with Crippen LogP contribution in [0.25, 0.3) is 0 Å². The van der Waals surface area contributed by atoms with Crippen molar-refractivity contribution < 1.29 is 14.0 Å². The lowest BCUT2D eigenvalue weighted by atomic mass is 9.94. The predicted molar refractivity (Wildman–Crippen MR) is 107 cm³/mol. The largest absolute Gasteiger partial charge is 0.341 e. The molecule has 2 heterocycles. The van der Waals surface area contributed by atoms with E-state index in [1.165, 1.54) is 24.3 Å². The first-order valence-corrected chi connectivity index (χ1v) is 10.2. The molecule has 8 heteroatoms. The van der Waals surface area contributed by atoms with E-state index in [-0.39, 0.29) is 23.7 Å². The Hall–Kier alpha value is -2.77. The van der Waals surface area contributed by atoms with Crippen molar-refractivity contribution >= 4 is 11.8 Å². The van der Waals surface area contributed by atoms with E-state index in [2.05, 4.69) is 20.5 Å². The summed E-state index contributed by atoms with van der Waals surface area (Å²) >= 11 is 0. The molecular formula is C21H28FN5O2. The molecule has 2 amide bonds. The minimum atomic E-state index is -0.626. The summed E-state index contributed by atoms with van der Waals surface area (Å²) in [4.78, 5) is 31.9. The third-order valence-corrected chi connectivity index (χ3v) is 5.38. The van der Waals surface area contributed by atoms with E-state index in [0.29, 0.717) is 18.7 Å². The van der Waals surface area contributed by atoms with Crippen molar-refractivity contribution in [1.82, 2.24) is 25.4 Å². The highest BCUT2D eigenvalue weighted by molar-refractivity contribution is 5.97. The van der Waals surface area contributed by atoms with Crippen molar-refractivity contribution in [3.05, 3.63) is 47.3 Å². The number of amides is 2. The number of hydrogen-bond donors (Lipinski definition) is 2. The van der Waals surface area contributed by atoms with Crippen LogP contribution in [0.3, 0.4) is 0 Å². The fourth-order valence-electron chi connectivity index (χ4n) is 3.54. The number of rotatable bonds is 6. The van der Waals surface area contributed by atoms with E-state index in [0.717, 1.165) is 30.9 Å². The molecule has 1 aliphatic heterocycles. The summed E-state index contributed by atoms with van der Waals surface area (Å²) in [5.41, 5.74) is 0.333. The molecule has 29 heavy (non-hydrogen) atoms. The van der Waals surface area contributed by atoms with Crippen LogP contribution >= 0.6 is 0 Å². The molecular weight excluding hydrogens is 373 g/mol. The Balaban J connectivity index is 1.61. The maximum absolute atomic E-state index is 13.1. The summed E-state index contributed by atoms with van der Waals surface area (Å²) in [7, 11) is 0. The highest BCUT2D eigenvalue weighted by Crippen LogP contribution is 2.26. The van der Waals surface area contributed by atoms with Crippen molar-refractivity contribution in [1.29, 1.82) is 0 Å². The number of carbonyl (C=O) groups is 2. The molecule has 2 aromatic rings. The third-order valence-electron chi connectivity index (χ3n) is 5.38. The van der Waals surface area contributed by atoms with Gasteiger partial charge in [-0.05, 0) is 43.0 Å². The summed E-state index contributed by atoms with van der Waals surface area (Å²) < 4.78 is 13.1. The van der Waals surface area contributed by atoms with Gasteiger partial charge >= 0.3 is 0 Å². The minimum Gasteiger partial charge on any atom is -0.341 e. The number of nitrogens with zero attached hydrogens (tertiary/aromatic N) is 3. The number of H-pyrrole nitrogens is 1. The molecule has 0 aliphatic carbocycles. The Morgan fingerprint density at radius 2 is 1.90 bits per heavy atom. The molecule has 1 saturated heterocycles. The van der Waals surface area contributed by atoms with Crippen LogP contribution in [0, 0.1) is 11.7 Å². The first-order chi connectivity index (χ1) is 13.9. The van der Waals surface area contributed by atoms with Crippen LogP contribution in [-0.4, -0.2) is 51.0 Å². The predicted octanol–water partition coefficient (Wildman–Crippen LogP) is 2.67. The zero-order valence-electron chi connectivity index (χ0n) is 17.1. The van der Waals surface area contributed by atoms with E-state index in [1.807, 2.05) is 20.8 Å². The van der Waals surface area contributed by atoms with Crippen molar-refractivity contribution in [3.8, 4) is 0 Å². The van der Waals surface area contributed by atoms with Gasteiger partial charge in [0.1, 0.15) is 17.7 Å². The molecule has 0 unspecified atom stereocenters. The van der Waals surface area contributed by atoms with Gasteiger partial charge < -0.3 is 10.2 Å². The molecule has 7 nitrogen and oxygen atoms in total. The molecule has 2 N–H and O–H groups in total. The summed E-state index contributed by atoms with van der Waals surface area (Å²) in [6.07, 6.45) is 2.40. The highest BCUT2D eigenvalue weighted by atomic mass is 19.1. The molecule has 0 bridgehead atoms. The lowest BCUT2D eigenvalue weighted by Crippen LogP contribution is -2.52. The van der Waals surface area contributed by atoms with Gasteiger partial charge in [0.2, 0.25) is 5.91 Å². The van der Waals surface area contributed by atoms with Crippen molar-refractivity contribution in [3.63, 3.8) is 0 Å². The van der Waals surface area contributed by atoms with Crippen LogP contribution < -0.4 is 5.32 Å². The van der Waals surface area contributed by atoms with Gasteiger partial charge in [-0.25, -0.2) is 9.37 Å². The van der Waals surface area contributed by atoms with Gasteiger partial charge in [0.05, 0.1) is 0 Å². The molecule has 1 aromatic heterocycles. The minimum absolute atomic E-state index is 0.0651. The van der Waals surface area contributed by atoms with Crippen LogP contribution in [0.5, 0.6) is 0 Å². The lowest BCUT2D eigenvalue weighted by molar-refractivity contribution is -0.135. The molecule has 3 rings (SSSR count). The molecule has 156 valence electrons. The lowest BCUT2D eigenvalue weighted by Gasteiger charge is -2.34. The maximum atomic E-state index is 13.1. The Bertz CT molecular complexity index is 841. The van der Waals surface area contributed by atoms with Gasteiger partial charge in [-0.2, -0.15) is 5.10 Å². The molecule has 1 aliphatic rings. The van der Waals surface area contributed by atoms with Crippen LogP contribution in [-0.2, 0) is 11.2 Å². The molecule has 0 spiro atoms. The number of piperidine rings is 1. The monoisotopic (exact) mass is 401 g/mol. The highest BCUT2D eigenvalue weighted by Gasteiger charge is 2.32. The number of carbonyl (C=O) groups excluding carboxylic acids is 2. The quantitative estimate of drug-likeness (QED) is 0.779. The van der Waals surface area contributed by atoms with Gasteiger partial charge in [-0.1, -0.05) is 20.8 Å². The second kappa shape index (κ2) is 9.15. The van der Waals surface area contributed by atoms with Gasteiger partial charge in [-0.15, -0.1) is 0 Å². The topological polar surface area (TPSA) is 91.0 Å². The van der Waals surface area contributed by atoms with Gasteiger partial charge in [0, 0.05) is 31.0 Å². The first kappa shape index (κ1) is 21.0. The summed E-state index contributed by atoms with van der Waals surface area (Å²) in [5, 5.41) is 10.1. The number of halogens is 1. The third kappa shape index (κ3) is 4.99. The van der Waals surface area contributed by atoms with Crippen molar-refractivity contribution in [2.24, 2.45) is 5.92 Å². The van der Waals surface area contributed by atoms with E-state index < -0.39 is 11.9 Å². The SMILES string of the molecule is CCc1nc(C2CCN(C(=O)[C@H](NC(=O)c3ccc(F)cc3)C(C)C)CC2)n[nH]1. The van der Waals surface area contributed by atoms with E-state index in [1.54, 1.807) is 4.90 Å². The fourth-order valence-corrected chi connectivity index (χ4v) is 3.54. The number of hydrogen-bond acceptors (Lipinski definition) is 4. The van der Waals surface area contributed by atoms with Crippen molar-refractivity contribution in [2.75, 3.05) is 13.1 Å². The van der Waals surface area contributed by atoms with Gasteiger partial charge in [-0.3, -0.25) is 14.7 Å². The Labute approximate surface area is 170 Å². The van der Waals surface area contributed by atoms with Gasteiger partial charge in [0.15, 0.2) is 5.82 Å².